The van der Waals surface area contributed by atoms with Gasteiger partial charge in [-0.3, -0.25) is 4.79 Å². The number of aryl methyl sites for hydroxylation is 1. The highest BCUT2D eigenvalue weighted by Crippen LogP contribution is 2.32. The zero-order valence-corrected chi connectivity index (χ0v) is 15.0. The zero-order chi connectivity index (χ0) is 18.6. The van der Waals surface area contributed by atoms with Crippen LogP contribution in [0.3, 0.4) is 0 Å². The van der Waals surface area contributed by atoms with Gasteiger partial charge in [-0.1, -0.05) is 18.2 Å². The van der Waals surface area contributed by atoms with E-state index in [2.05, 4.69) is 15.4 Å². The number of nitrogens with one attached hydrogen (secondary N) is 1. The molecule has 7 nitrogen and oxygen atoms in total. The largest absolute Gasteiger partial charge is 0.454 e. The van der Waals surface area contributed by atoms with Gasteiger partial charge in [-0.25, -0.2) is 9.67 Å². The summed E-state index contributed by atoms with van der Waals surface area (Å²) in [7, 11) is 0. The zero-order valence-electron chi connectivity index (χ0n) is 15.0. The van der Waals surface area contributed by atoms with Gasteiger partial charge in [0.05, 0.1) is 11.7 Å². The Morgan fingerprint density at radius 1 is 1.19 bits per heavy atom. The van der Waals surface area contributed by atoms with Gasteiger partial charge in [0.1, 0.15) is 12.7 Å². The molecule has 1 aromatic heterocycles. The first-order valence-corrected chi connectivity index (χ1v) is 8.82. The van der Waals surface area contributed by atoms with E-state index in [0.29, 0.717) is 12.8 Å². The summed E-state index contributed by atoms with van der Waals surface area (Å²) in [5.74, 6) is 1.51. The maximum Gasteiger partial charge on any atom is 0.231 e. The smallest absolute Gasteiger partial charge is 0.231 e. The Bertz CT molecular complexity index is 923. The number of rotatable bonds is 6. The maximum absolute atomic E-state index is 12.3. The molecule has 1 unspecified atom stereocenters. The first-order valence-electron chi connectivity index (χ1n) is 8.82. The number of benzene rings is 2. The molecule has 0 saturated heterocycles. The minimum atomic E-state index is -0.0703. The van der Waals surface area contributed by atoms with Gasteiger partial charge in [0.2, 0.25) is 12.7 Å². The molecular weight excluding hydrogens is 344 g/mol. The lowest BCUT2D eigenvalue weighted by atomic mass is 10.1. The van der Waals surface area contributed by atoms with Crippen molar-refractivity contribution in [3.63, 3.8) is 0 Å². The maximum atomic E-state index is 12.3. The van der Waals surface area contributed by atoms with E-state index in [9.17, 15) is 4.79 Å². The van der Waals surface area contributed by atoms with Crippen LogP contribution in [0.2, 0.25) is 0 Å². The van der Waals surface area contributed by atoms with Gasteiger partial charge in [0, 0.05) is 6.42 Å². The van der Waals surface area contributed by atoms with Crippen LogP contribution >= 0.6 is 0 Å². The molecule has 1 aliphatic rings. The molecule has 0 spiro atoms. The van der Waals surface area contributed by atoms with E-state index >= 15 is 0 Å². The third kappa shape index (κ3) is 3.92. The SMILES string of the molecule is CC(NC(=O)CCc1ccc2c(c1)OCO2)c1ccc(-n2cncn2)cc1. The van der Waals surface area contributed by atoms with E-state index in [4.69, 9.17) is 9.47 Å². The topological polar surface area (TPSA) is 78.3 Å². The Morgan fingerprint density at radius 2 is 2.00 bits per heavy atom. The molecule has 1 amide bonds. The van der Waals surface area contributed by atoms with Crippen molar-refractivity contribution in [3.05, 3.63) is 66.2 Å². The quantitative estimate of drug-likeness (QED) is 0.728. The lowest BCUT2D eigenvalue weighted by molar-refractivity contribution is -0.121. The van der Waals surface area contributed by atoms with Gasteiger partial charge in [-0.15, -0.1) is 0 Å². The van der Waals surface area contributed by atoms with Crippen molar-refractivity contribution in [3.8, 4) is 17.2 Å². The molecule has 0 fully saturated rings. The Balaban J connectivity index is 1.31. The predicted octanol–water partition coefficient (Wildman–Crippen LogP) is 2.81. The first-order chi connectivity index (χ1) is 13.2. The van der Waals surface area contributed by atoms with E-state index < -0.39 is 0 Å². The molecule has 0 bridgehead atoms. The highest BCUT2D eigenvalue weighted by atomic mass is 16.7. The molecule has 7 heteroatoms. The number of hydrogen-bond donors (Lipinski definition) is 1. The van der Waals surface area contributed by atoms with Crippen LogP contribution in [-0.4, -0.2) is 27.5 Å². The van der Waals surface area contributed by atoms with Gasteiger partial charge < -0.3 is 14.8 Å². The van der Waals surface area contributed by atoms with Crippen LogP contribution in [0, 0.1) is 0 Å². The van der Waals surface area contributed by atoms with E-state index in [1.165, 1.54) is 6.33 Å². The number of carbonyl (C=O) groups is 1. The van der Waals surface area contributed by atoms with Gasteiger partial charge in [-0.2, -0.15) is 5.10 Å². The Kier molecular flexibility index (Phi) is 4.74. The van der Waals surface area contributed by atoms with Gasteiger partial charge in [0.15, 0.2) is 11.5 Å². The Hall–Kier alpha value is -3.35. The van der Waals surface area contributed by atoms with Crippen LogP contribution in [0.5, 0.6) is 11.5 Å². The number of aromatic nitrogens is 3. The van der Waals surface area contributed by atoms with Crippen LogP contribution in [0.4, 0.5) is 0 Å². The van der Waals surface area contributed by atoms with E-state index in [1.54, 1.807) is 11.0 Å². The summed E-state index contributed by atoms with van der Waals surface area (Å²) in [5, 5.41) is 7.15. The standard InChI is InChI=1S/C20H20N4O3/c1-14(16-4-6-17(7-5-16)24-12-21-11-22-24)23-20(25)9-3-15-2-8-18-19(10-15)27-13-26-18/h2,4-8,10-12,14H,3,9,13H2,1H3,(H,23,25). The molecule has 0 aliphatic carbocycles. The second-order valence-corrected chi connectivity index (χ2v) is 6.41. The molecule has 1 atom stereocenters. The number of carbonyl (C=O) groups excluding carboxylic acids is 1. The van der Waals surface area contributed by atoms with E-state index in [-0.39, 0.29) is 18.7 Å². The molecule has 4 rings (SSSR count). The minimum Gasteiger partial charge on any atom is -0.454 e. The summed E-state index contributed by atoms with van der Waals surface area (Å²) >= 11 is 0. The minimum absolute atomic E-state index is 0.0144. The summed E-state index contributed by atoms with van der Waals surface area (Å²) < 4.78 is 12.4. The van der Waals surface area contributed by atoms with Crippen molar-refractivity contribution in [2.24, 2.45) is 0 Å². The third-order valence-corrected chi connectivity index (χ3v) is 4.53. The summed E-state index contributed by atoms with van der Waals surface area (Å²) in [6.07, 6.45) is 4.22. The molecule has 27 heavy (non-hydrogen) atoms. The fraction of sp³-hybridized carbons (Fsp3) is 0.250. The van der Waals surface area contributed by atoms with E-state index in [0.717, 1.165) is 28.3 Å². The highest BCUT2D eigenvalue weighted by molar-refractivity contribution is 5.76. The predicted molar refractivity (Wildman–Crippen MR) is 98.8 cm³/mol. The fourth-order valence-electron chi connectivity index (χ4n) is 3.01. The van der Waals surface area contributed by atoms with Crippen LogP contribution in [0.15, 0.2) is 55.1 Å². The van der Waals surface area contributed by atoms with Crippen molar-refractivity contribution in [2.45, 2.75) is 25.8 Å². The average Bonchev–Trinajstić information content (AvgIpc) is 3.38. The second kappa shape index (κ2) is 7.49. The molecule has 2 heterocycles. The summed E-state index contributed by atoms with van der Waals surface area (Å²) in [4.78, 5) is 16.2. The third-order valence-electron chi connectivity index (χ3n) is 4.53. The number of ether oxygens (including phenoxy) is 2. The first kappa shape index (κ1) is 17.1. The monoisotopic (exact) mass is 364 g/mol. The van der Waals surface area contributed by atoms with Gasteiger partial charge in [0.25, 0.3) is 0 Å². The van der Waals surface area contributed by atoms with Gasteiger partial charge in [-0.05, 0) is 48.7 Å². The molecule has 1 N–H and O–H groups in total. The number of amides is 1. The number of fused-ring (bicyclic) bond motifs is 1. The van der Waals surface area contributed by atoms with Crippen LogP contribution in [0.25, 0.3) is 5.69 Å². The normalized spacial score (nSPS) is 13.4. The van der Waals surface area contributed by atoms with Crippen molar-refractivity contribution < 1.29 is 14.3 Å². The van der Waals surface area contributed by atoms with Crippen molar-refractivity contribution in [1.82, 2.24) is 20.1 Å². The fourth-order valence-corrected chi connectivity index (χ4v) is 3.01. The van der Waals surface area contributed by atoms with Crippen molar-refractivity contribution >= 4 is 5.91 Å². The molecule has 0 radical (unpaired) electrons. The average molecular weight is 364 g/mol. The molecule has 1 aliphatic heterocycles. The number of nitrogens with zero attached hydrogens (tertiary/aromatic N) is 3. The van der Waals surface area contributed by atoms with E-state index in [1.807, 2.05) is 49.4 Å². The lowest BCUT2D eigenvalue weighted by Gasteiger charge is -2.15. The summed E-state index contributed by atoms with van der Waals surface area (Å²) in [5.41, 5.74) is 3.02. The molecular formula is C20H20N4O3. The van der Waals surface area contributed by atoms with Crippen molar-refractivity contribution in [1.29, 1.82) is 0 Å². The van der Waals surface area contributed by atoms with Gasteiger partial charge >= 0.3 is 0 Å². The molecule has 2 aromatic carbocycles. The lowest BCUT2D eigenvalue weighted by Crippen LogP contribution is -2.26. The highest BCUT2D eigenvalue weighted by Gasteiger charge is 2.14. The Labute approximate surface area is 156 Å². The molecule has 3 aromatic rings. The van der Waals surface area contributed by atoms with Crippen molar-refractivity contribution in [2.75, 3.05) is 6.79 Å². The van der Waals surface area contributed by atoms with Crippen LogP contribution in [0.1, 0.15) is 30.5 Å². The molecule has 0 saturated carbocycles. The summed E-state index contributed by atoms with van der Waals surface area (Å²) in [6, 6.07) is 13.6. The second-order valence-electron chi connectivity index (χ2n) is 6.41. The molecule has 138 valence electrons. The Morgan fingerprint density at radius 3 is 2.78 bits per heavy atom. The number of hydrogen-bond acceptors (Lipinski definition) is 5. The van der Waals surface area contributed by atoms with Crippen LogP contribution < -0.4 is 14.8 Å². The van der Waals surface area contributed by atoms with Crippen LogP contribution in [-0.2, 0) is 11.2 Å². The summed E-state index contributed by atoms with van der Waals surface area (Å²) in [6.45, 7) is 2.23.